The maximum absolute atomic E-state index is 12.9. The Kier molecular flexibility index (Phi) is 5.42. The van der Waals surface area contributed by atoms with Gasteiger partial charge in [-0.1, -0.05) is 12.1 Å². The molecule has 2 unspecified atom stereocenters. The topological polar surface area (TPSA) is 116 Å². The molecule has 1 aromatic rings. The summed E-state index contributed by atoms with van der Waals surface area (Å²) in [6, 6.07) is 5.27. The Labute approximate surface area is 170 Å². The molecular weight excluding hydrogens is 372 g/mol. The highest BCUT2D eigenvalue weighted by Gasteiger charge is 2.39. The van der Waals surface area contributed by atoms with Crippen LogP contribution >= 0.6 is 0 Å². The number of hydrogen-bond donors (Lipinski definition) is 3. The third-order valence-electron chi connectivity index (χ3n) is 6.24. The summed E-state index contributed by atoms with van der Waals surface area (Å²) in [6.07, 6.45) is 2.90. The highest BCUT2D eigenvalue weighted by molar-refractivity contribution is 6.05. The number of carbonyl (C=O) groups excluding carboxylic acids is 3. The lowest BCUT2D eigenvalue weighted by Crippen LogP contribution is -2.52. The van der Waals surface area contributed by atoms with E-state index < -0.39 is 17.6 Å². The first-order valence-electron chi connectivity index (χ1n) is 10.3. The summed E-state index contributed by atoms with van der Waals surface area (Å²) in [5.41, 5.74) is 7.45. The van der Waals surface area contributed by atoms with E-state index in [0.717, 1.165) is 30.5 Å². The number of amides is 3. The maximum Gasteiger partial charge on any atom is 0.255 e. The first-order chi connectivity index (χ1) is 13.9. The monoisotopic (exact) mass is 400 g/mol. The van der Waals surface area contributed by atoms with Crippen LogP contribution in [0.3, 0.4) is 0 Å². The van der Waals surface area contributed by atoms with E-state index in [0.29, 0.717) is 44.6 Å². The minimum absolute atomic E-state index is 0.158. The van der Waals surface area contributed by atoms with Crippen LogP contribution in [0.15, 0.2) is 18.2 Å². The smallest absolute Gasteiger partial charge is 0.255 e. The zero-order valence-corrected chi connectivity index (χ0v) is 16.5. The Hall–Kier alpha value is -2.29. The molecule has 4 N–H and O–H groups in total. The van der Waals surface area contributed by atoms with Gasteiger partial charge in [0.05, 0.1) is 5.60 Å². The second-order valence-electron chi connectivity index (χ2n) is 8.47. The number of nitrogens with one attached hydrogen (secondary N) is 1. The van der Waals surface area contributed by atoms with Crippen LogP contribution in [0, 0.1) is 0 Å². The first-order valence-corrected chi connectivity index (χ1v) is 10.3. The van der Waals surface area contributed by atoms with Gasteiger partial charge in [-0.05, 0) is 56.0 Å². The molecule has 0 aliphatic carbocycles. The Morgan fingerprint density at radius 3 is 2.86 bits per heavy atom. The third-order valence-corrected chi connectivity index (χ3v) is 6.24. The fourth-order valence-electron chi connectivity index (χ4n) is 4.77. The van der Waals surface area contributed by atoms with Gasteiger partial charge in [0.2, 0.25) is 11.8 Å². The molecule has 0 bridgehead atoms. The van der Waals surface area contributed by atoms with Crippen molar-refractivity contribution in [3.05, 3.63) is 34.9 Å². The van der Waals surface area contributed by atoms with Crippen LogP contribution in [0.25, 0.3) is 0 Å². The average Bonchev–Trinajstić information content (AvgIpc) is 2.98. The van der Waals surface area contributed by atoms with Gasteiger partial charge in [0.25, 0.3) is 5.91 Å². The van der Waals surface area contributed by atoms with Gasteiger partial charge < -0.3 is 15.7 Å². The lowest BCUT2D eigenvalue weighted by Gasteiger charge is -2.39. The molecule has 0 aromatic heterocycles. The zero-order chi connectivity index (χ0) is 20.6. The Bertz CT molecular complexity index is 838. The van der Waals surface area contributed by atoms with Crippen molar-refractivity contribution in [3.63, 3.8) is 0 Å². The number of likely N-dealkylation sites (tertiary alicyclic amines) is 1. The molecule has 3 heterocycles. The van der Waals surface area contributed by atoms with E-state index in [1.54, 1.807) is 4.90 Å². The van der Waals surface area contributed by atoms with E-state index in [-0.39, 0.29) is 18.2 Å². The van der Waals surface area contributed by atoms with Crippen molar-refractivity contribution >= 4 is 17.7 Å². The van der Waals surface area contributed by atoms with E-state index in [9.17, 15) is 19.5 Å². The van der Waals surface area contributed by atoms with Crippen LogP contribution < -0.4 is 11.1 Å². The fraction of sp³-hybridized carbons (Fsp3) is 0.571. The predicted octanol–water partition coefficient (Wildman–Crippen LogP) is 0.123. The molecule has 1 aromatic carbocycles. The normalized spacial score (nSPS) is 27.9. The average molecular weight is 400 g/mol. The molecule has 29 heavy (non-hydrogen) atoms. The van der Waals surface area contributed by atoms with Crippen molar-refractivity contribution in [1.82, 2.24) is 15.1 Å². The molecule has 3 amide bonds. The van der Waals surface area contributed by atoms with Crippen molar-refractivity contribution in [2.75, 3.05) is 19.6 Å². The minimum atomic E-state index is -0.734. The summed E-state index contributed by atoms with van der Waals surface area (Å²) in [6.45, 7) is 3.00. The maximum atomic E-state index is 12.9. The number of benzene rings is 1. The number of hydrogen-bond acceptors (Lipinski definition) is 6. The van der Waals surface area contributed by atoms with Crippen LogP contribution in [0.2, 0.25) is 0 Å². The van der Waals surface area contributed by atoms with Crippen LogP contribution in [0.1, 0.15) is 53.6 Å². The summed E-state index contributed by atoms with van der Waals surface area (Å²) in [5, 5.41) is 13.0. The number of nitrogens with zero attached hydrogens (tertiary/aromatic N) is 2. The van der Waals surface area contributed by atoms with E-state index >= 15 is 0 Å². The molecule has 2 atom stereocenters. The summed E-state index contributed by atoms with van der Waals surface area (Å²) >= 11 is 0. The zero-order valence-electron chi connectivity index (χ0n) is 16.5. The summed E-state index contributed by atoms with van der Waals surface area (Å²) in [4.78, 5) is 40.3. The van der Waals surface area contributed by atoms with E-state index in [1.807, 2.05) is 18.2 Å². The van der Waals surface area contributed by atoms with Gasteiger partial charge in [-0.3, -0.25) is 24.6 Å². The highest BCUT2D eigenvalue weighted by Crippen LogP contribution is 2.30. The number of aliphatic hydroxyl groups is 1. The molecule has 0 saturated carbocycles. The molecule has 8 heteroatoms. The van der Waals surface area contributed by atoms with Crippen molar-refractivity contribution in [3.8, 4) is 0 Å². The van der Waals surface area contributed by atoms with Crippen molar-refractivity contribution < 1.29 is 19.5 Å². The van der Waals surface area contributed by atoms with Crippen LogP contribution in [-0.2, 0) is 22.7 Å². The number of rotatable bonds is 5. The van der Waals surface area contributed by atoms with Gasteiger partial charge >= 0.3 is 0 Å². The second kappa shape index (κ2) is 7.85. The molecular formula is C21H28N4O4. The van der Waals surface area contributed by atoms with E-state index in [2.05, 4.69) is 10.2 Å². The molecule has 4 rings (SSSR count). The second-order valence-corrected chi connectivity index (χ2v) is 8.47. The molecule has 2 fully saturated rings. The number of β-amino-alcohol motifs (C(OH)–C–C–N with tert-alkyl or cyclic N) is 1. The van der Waals surface area contributed by atoms with Gasteiger partial charge in [0.15, 0.2) is 0 Å². The summed E-state index contributed by atoms with van der Waals surface area (Å²) in [5.74, 6) is -0.835. The van der Waals surface area contributed by atoms with Crippen molar-refractivity contribution in [2.45, 2.75) is 56.8 Å². The number of carbonyl (C=O) groups is 3. The van der Waals surface area contributed by atoms with Gasteiger partial charge in [-0.25, -0.2) is 0 Å². The molecule has 0 spiro atoms. The fourth-order valence-corrected chi connectivity index (χ4v) is 4.77. The van der Waals surface area contributed by atoms with Crippen LogP contribution in [0.5, 0.6) is 0 Å². The number of fused-ring (bicyclic) bond motifs is 1. The molecule has 3 aliphatic rings. The SMILES string of the molecule is NCCC1(O)CCCN(Cc2ccc3c(c2)C(=O)N(C2CCC(=O)NC2=O)C3)C1. The summed E-state index contributed by atoms with van der Waals surface area (Å²) in [7, 11) is 0. The Balaban J connectivity index is 1.45. The molecule has 3 aliphatic heterocycles. The van der Waals surface area contributed by atoms with Crippen molar-refractivity contribution in [2.24, 2.45) is 5.73 Å². The van der Waals surface area contributed by atoms with Crippen LogP contribution in [-0.4, -0.2) is 63.9 Å². The van der Waals surface area contributed by atoms with E-state index in [1.165, 1.54) is 0 Å². The molecule has 156 valence electrons. The van der Waals surface area contributed by atoms with Gasteiger partial charge in [-0.2, -0.15) is 0 Å². The molecule has 2 saturated heterocycles. The highest BCUT2D eigenvalue weighted by atomic mass is 16.3. The largest absolute Gasteiger partial charge is 0.389 e. The molecule has 0 radical (unpaired) electrons. The quantitative estimate of drug-likeness (QED) is 0.605. The standard InChI is InChI=1S/C21H28N4O4/c22-8-7-21(29)6-1-9-24(13-21)11-14-2-3-15-12-25(20(28)16(15)10-14)17-4-5-18(26)23-19(17)27/h2-3,10,17,29H,1,4-9,11-13,22H2,(H,23,26,27). The Morgan fingerprint density at radius 2 is 2.10 bits per heavy atom. The Morgan fingerprint density at radius 1 is 1.28 bits per heavy atom. The number of piperidine rings is 2. The van der Waals surface area contributed by atoms with Gasteiger partial charge in [0.1, 0.15) is 6.04 Å². The predicted molar refractivity (Wildman–Crippen MR) is 106 cm³/mol. The molecule has 8 nitrogen and oxygen atoms in total. The van der Waals surface area contributed by atoms with Crippen LogP contribution in [0.4, 0.5) is 0 Å². The van der Waals surface area contributed by atoms with Gasteiger partial charge in [-0.15, -0.1) is 0 Å². The lowest BCUT2D eigenvalue weighted by molar-refractivity contribution is -0.136. The number of nitrogens with two attached hydrogens (primary N) is 1. The van der Waals surface area contributed by atoms with E-state index in [4.69, 9.17) is 5.73 Å². The third kappa shape index (κ3) is 4.05. The van der Waals surface area contributed by atoms with Crippen molar-refractivity contribution in [1.29, 1.82) is 0 Å². The van der Waals surface area contributed by atoms with Gasteiger partial charge in [0, 0.05) is 31.6 Å². The first kappa shape index (κ1) is 20.0. The summed E-state index contributed by atoms with van der Waals surface area (Å²) < 4.78 is 0. The lowest BCUT2D eigenvalue weighted by atomic mass is 9.89. The minimum Gasteiger partial charge on any atom is -0.389 e. The number of imide groups is 1.